The van der Waals surface area contributed by atoms with Gasteiger partial charge in [-0.1, -0.05) is 50.8 Å². The maximum Gasteiger partial charge on any atom is 0.332 e. The topological polar surface area (TPSA) is 65.1 Å². The minimum absolute atomic E-state index is 0.220. The van der Waals surface area contributed by atoms with E-state index >= 15 is 0 Å². The summed E-state index contributed by atoms with van der Waals surface area (Å²) in [5, 5.41) is 0. The van der Waals surface area contributed by atoms with Crippen molar-refractivity contribution >= 4 is 22.8 Å². The average Bonchev–Trinajstić information content (AvgIpc) is 3.28. The quantitative estimate of drug-likeness (QED) is 0.590. The van der Waals surface area contributed by atoms with Gasteiger partial charge in [-0.3, -0.25) is 13.9 Å². The highest BCUT2D eigenvalue weighted by atomic mass is 16.2. The molecular weight excluding hydrogens is 354 g/mol. The zero-order valence-electron chi connectivity index (χ0n) is 16.6. The fourth-order valence-corrected chi connectivity index (χ4v) is 4.00. The number of aromatic nitrogens is 4. The zero-order valence-corrected chi connectivity index (χ0v) is 16.6. The van der Waals surface area contributed by atoms with Crippen molar-refractivity contribution in [2.24, 2.45) is 7.05 Å². The van der Waals surface area contributed by atoms with E-state index < -0.39 is 0 Å². The van der Waals surface area contributed by atoms with Gasteiger partial charge in [-0.2, -0.15) is 4.98 Å². The van der Waals surface area contributed by atoms with E-state index in [1.807, 2.05) is 34.9 Å². The first-order chi connectivity index (χ1) is 13.6. The number of nitrogens with zero attached hydrogens (tertiary/aromatic N) is 5. The second kappa shape index (κ2) is 7.66. The normalized spacial score (nSPS) is 13.4. The second-order valence-corrected chi connectivity index (χ2v) is 7.44. The summed E-state index contributed by atoms with van der Waals surface area (Å²) in [4.78, 5) is 32.7. The van der Waals surface area contributed by atoms with Crippen molar-refractivity contribution in [3.05, 3.63) is 51.2 Å². The number of aryl methyl sites for hydroxylation is 1. The van der Waals surface area contributed by atoms with Crippen LogP contribution >= 0.6 is 0 Å². The van der Waals surface area contributed by atoms with Crippen LogP contribution < -0.4 is 16.1 Å². The number of hydrogen-bond acceptors (Lipinski definition) is 4. The molecule has 7 heteroatoms. The smallest absolute Gasteiger partial charge is 0.310 e. The Labute approximate surface area is 163 Å². The fraction of sp³-hybridized carbons (Fsp3) is 0.476. The predicted molar refractivity (Wildman–Crippen MR) is 111 cm³/mol. The van der Waals surface area contributed by atoms with Gasteiger partial charge < -0.3 is 9.47 Å². The molecule has 0 fully saturated rings. The SMILES string of the molecule is CCCCCCCn1c(=O)c2c(nc3n2CCN3c2ccccc2)n(C)c1=O. The zero-order chi connectivity index (χ0) is 19.7. The van der Waals surface area contributed by atoms with E-state index in [4.69, 9.17) is 0 Å². The number of imidazole rings is 1. The summed E-state index contributed by atoms with van der Waals surface area (Å²) in [6.45, 7) is 4.09. The van der Waals surface area contributed by atoms with Gasteiger partial charge in [0, 0.05) is 32.4 Å². The Bertz CT molecular complexity index is 1090. The van der Waals surface area contributed by atoms with Crippen LogP contribution in [0.3, 0.4) is 0 Å². The lowest BCUT2D eigenvalue weighted by molar-refractivity contribution is 0.531. The molecule has 2 aromatic heterocycles. The van der Waals surface area contributed by atoms with Gasteiger partial charge in [0.05, 0.1) is 0 Å². The van der Waals surface area contributed by atoms with Crippen molar-refractivity contribution in [2.45, 2.75) is 52.1 Å². The molecule has 0 amide bonds. The number of anilines is 2. The third-order valence-corrected chi connectivity index (χ3v) is 5.55. The fourth-order valence-electron chi connectivity index (χ4n) is 4.00. The van der Waals surface area contributed by atoms with Crippen LogP contribution in [0.15, 0.2) is 39.9 Å². The van der Waals surface area contributed by atoms with Gasteiger partial charge in [-0.25, -0.2) is 4.79 Å². The highest BCUT2D eigenvalue weighted by Crippen LogP contribution is 2.31. The highest BCUT2D eigenvalue weighted by Gasteiger charge is 2.28. The summed E-state index contributed by atoms with van der Waals surface area (Å²) in [6.07, 6.45) is 5.39. The minimum atomic E-state index is -0.281. The van der Waals surface area contributed by atoms with E-state index in [9.17, 15) is 9.59 Å². The Balaban J connectivity index is 1.74. The molecule has 1 aromatic carbocycles. The molecular formula is C21H27N5O2. The van der Waals surface area contributed by atoms with Gasteiger partial charge in [0.25, 0.3) is 5.56 Å². The molecule has 0 atom stereocenters. The van der Waals surface area contributed by atoms with Crippen LogP contribution in [-0.4, -0.2) is 25.2 Å². The second-order valence-electron chi connectivity index (χ2n) is 7.44. The third-order valence-electron chi connectivity index (χ3n) is 5.55. The minimum Gasteiger partial charge on any atom is -0.310 e. The molecule has 0 aliphatic carbocycles. The number of benzene rings is 1. The molecule has 0 bridgehead atoms. The number of unbranched alkanes of at least 4 members (excludes halogenated alkanes) is 4. The van der Waals surface area contributed by atoms with Crippen molar-refractivity contribution in [1.29, 1.82) is 0 Å². The molecule has 1 aliphatic heterocycles. The largest absolute Gasteiger partial charge is 0.332 e. The van der Waals surface area contributed by atoms with Gasteiger partial charge in [-0.15, -0.1) is 0 Å². The van der Waals surface area contributed by atoms with E-state index in [0.29, 0.717) is 24.3 Å². The van der Waals surface area contributed by atoms with Gasteiger partial charge in [0.1, 0.15) is 0 Å². The monoisotopic (exact) mass is 381 g/mol. The standard InChI is InChI=1S/C21H27N5O2/c1-3-4-5-6-10-13-26-19(27)17-18(23(2)21(26)28)22-20-24(14-15-25(17)20)16-11-8-7-9-12-16/h7-9,11-12H,3-6,10,13-15H2,1-2H3. The van der Waals surface area contributed by atoms with E-state index in [-0.39, 0.29) is 11.2 Å². The number of para-hydroxylation sites is 1. The van der Waals surface area contributed by atoms with Gasteiger partial charge in [0.15, 0.2) is 11.2 Å². The molecule has 0 unspecified atom stereocenters. The van der Waals surface area contributed by atoms with E-state index in [1.165, 1.54) is 22.0 Å². The van der Waals surface area contributed by atoms with Crippen molar-refractivity contribution in [3.63, 3.8) is 0 Å². The summed E-state index contributed by atoms with van der Waals surface area (Å²) < 4.78 is 4.85. The number of hydrogen-bond donors (Lipinski definition) is 0. The van der Waals surface area contributed by atoms with Crippen molar-refractivity contribution in [1.82, 2.24) is 18.7 Å². The molecule has 0 saturated carbocycles. The summed E-state index contributed by atoms with van der Waals surface area (Å²) in [5.41, 5.74) is 1.54. The van der Waals surface area contributed by atoms with Crippen LogP contribution in [0.4, 0.5) is 11.6 Å². The lowest BCUT2D eigenvalue weighted by atomic mass is 10.1. The van der Waals surface area contributed by atoms with Crippen LogP contribution in [-0.2, 0) is 20.1 Å². The van der Waals surface area contributed by atoms with Crippen molar-refractivity contribution < 1.29 is 0 Å². The number of fused-ring (bicyclic) bond motifs is 3. The number of rotatable bonds is 7. The van der Waals surface area contributed by atoms with Gasteiger partial charge in [0.2, 0.25) is 5.95 Å². The highest BCUT2D eigenvalue weighted by molar-refractivity contribution is 5.77. The maximum atomic E-state index is 13.2. The molecule has 1 aliphatic rings. The van der Waals surface area contributed by atoms with Crippen LogP contribution in [0.1, 0.15) is 39.0 Å². The van der Waals surface area contributed by atoms with Crippen LogP contribution in [0.5, 0.6) is 0 Å². The Morgan fingerprint density at radius 2 is 1.75 bits per heavy atom. The van der Waals surface area contributed by atoms with E-state index in [1.54, 1.807) is 7.05 Å². The van der Waals surface area contributed by atoms with Crippen molar-refractivity contribution in [3.8, 4) is 0 Å². The predicted octanol–water partition coefficient (Wildman–Crippen LogP) is 3.02. The Kier molecular flexibility index (Phi) is 5.07. The lowest BCUT2D eigenvalue weighted by Crippen LogP contribution is -2.39. The summed E-state index contributed by atoms with van der Waals surface area (Å²) >= 11 is 0. The van der Waals surface area contributed by atoms with Gasteiger partial charge in [-0.05, 0) is 18.6 Å². The lowest BCUT2D eigenvalue weighted by Gasteiger charge is -2.15. The first kappa shape index (κ1) is 18.5. The van der Waals surface area contributed by atoms with E-state index in [0.717, 1.165) is 37.4 Å². The molecule has 3 heterocycles. The average molecular weight is 381 g/mol. The molecule has 148 valence electrons. The Morgan fingerprint density at radius 1 is 1.00 bits per heavy atom. The molecule has 28 heavy (non-hydrogen) atoms. The van der Waals surface area contributed by atoms with Crippen LogP contribution in [0.2, 0.25) is 0 Å². The molecule has 0 saturated heterocycles. The maximum absolute atomic E-state index is 13.2. The first-order valence-corrected chi connectivity index (χ1v) is 10.2. The summed E-state index contributed by atoms with van der Waals surface area (Å²) in [7, 11) is 1.70. The van der Waals surface area contributed by atoms with Crippen molar-refractivity contribution in [2.75, 3.05) is 11.4 Å². The van der Waals surface area contributed by atoms with E-state index in [2.05, 4.69) is 16.8 Å². The summed E-state index contributed by atoms with van der Waals surface area (Å²) in [6, 6.07) is 10.0. The Hall–Kier alpha value is -2.83. The summed E-state index contributed by atoms with van der Waals surface area (Å²) in [5.74, 6) is 0.731. The molecule has 0 spiro atoms. The molecule has 0 N–H and O–H groups in total. The molecule has 4 rings (SSSR count). The molecule has 3 aromatic rings. The Morgan fingerprint density at radius 3 is 2.50 bits per heavy atom. The third kappa shape index (κ3) is 3.04. The van der Waals surface area contributed by atoms with Crippen LogP contribution in [0, 0.1) is 0 Å². The first-order valence-electron chi connectivity index (χ1n) is 10.2. The van der Waals surface area contributed by atoms with Gasteiger partial charge >= 0.3 is 5.69 Å². The molecule has 7 nitrogen and oxygen atoms in total. The van der Waals surface area contributed by atoms with Crippen LogP contribution in [0.25, 0.3) is 11.2 Å². The molecule has 0 radical (unpaired) electrons.